The number of benzene rings is 3. The molecule has 2 atom stereocenters. The third-order valence-corrected chi connectivity index (χ3v) is 5.85. The van der Waals surface area contributed by atoms with Crippen LogP contribution in [-0.2, 0) is 11.2 Å². The van der Waals surface area contributed by atoms with Crippen LogP contribution >= 0.6 is 12.8 Å². The number of nitrogens with zero attached hydrogens (tertiary/aromatic N) is 3. The van der Waals surface area contributed by atoms with Crippen molar-refractivity contribution in [3.8, 4) is 6.07 Å². The molecule has 7 heteroatoms. The number of carbonyl (C=O) groups excluding carboxylic acids is 1. The molecule has 6 nitrogen and oxygen atoms in total. The molecule has 0 spiro atoms. The average Bonchev–Trinajstić information content (AvgIpc) is 3.29. The molecule has 2 N–H and O–H groups in total. The van der Waals surface area contributed by atoms with E-state index in [1.54, 1.807) is 4.41 Å². The van der Waals surface area contributed by atoms with Gasteiger partial charge in [-0.3, -0.25) is 4.79 Å². The van der Waals surface area contributed by atoms with E-state index in [0.717, 1.165) is 35.3 Å². The molecular weight excluding hydrogens is 430 g/mol. The number of anilines is 1. The van der Waals surface area contributed by atoms with Gasteiger partial charge >= 0.3 is 0 Å². The Labute approximate surface area is 199 Å². The molecule has 3 aromatic carbocycles. The highest BCUT2D eigenvalue weighted by molar-refractivity contribution is 7.77. The van der Waals surface area contributed by atoms with E-state index in [2.05, 4.69) is 34.6 Å². The van der Waals surface area contributed by atoms with Crippen molar-refractivity contribution in [2.24, 2.45) is 5.10 Å². The monoisotopic (exact) mass is 455 g/mol. The molecule has 0 aliphatic carbocycles. The van der Waals surface area contributed by atoms with Crippen LogP contribution < -0.4 is 10.6 Å². The summed E-state index contributed by atoms with van der Waals surface area (Å²) in [6, 6.07) is 26.7. The van der Waals surface area contributed by atoms with Crippen LogP contribution in [0.1, 0.15) is 34.2 Å². The molecule has 2 unspecified atom stereocenters. The van der Waals surface area contributed by atoms with Gasteiger partial charge < -0.3 is 10.6 Å². The van der Waals surface area contributed by atoms with E-state index in [1.165, 1.54) is 0 Å². The van der Waals surface area contributed by atoms with Crippen LogP contribution in [0.4, 0.5) is 5.69 Å². The number of hydrogen-bond donors (Lipinski definition) is 3. The fourth-order valence-corrected chi connectivity index (χ4v) is 4.00. The quantitative estimate of drug-likeness (QED) is 0.443. The molecule has 1 amide bonds. The van der Waals surface area contributed by atoms with Crippen molar-refractivity contribution in [3.63, 3.8) is 0 Å². The summed E-state index contributed by atoms with van der Waals surface area (Å²) in [5.74, 6) is 0.0888. The summed E-state index contributed by atoms with van der Waals surface area (Å²) in [7, 11) is 0. The Hall–Kier alpha value is -3.60. The summed E-state index contributed by atoms with van der Waals surface area (Å²) in [6.07, 6.45) is 2.63. The SMILES string of the molecule is N#Cc1ccc(CCNC(C(=O)Nc2ccc(C3C=NN(S)C3)cc2)c2ccccc2)cc1. The molecule has 3 aromatic rings. The Kier molecular flexibility index (Phi) is 7.40. The van der Waals surface area contributed by atoms with Crippen molar-refractivity contribution < 1.29 is 4.79 Å². The Morgan fingerprint density at radius 3 is 2.45 bits per heavy atom. The van der Waals surface area contributed by atoms with Gasteiger partial charge in [-0.1, -0.05) is 54.6 Å². The molecule has 0 fully saturated rings. The first-order chi connectivity index (χ1) is 16.1. The zero-order valence-corrected chi connectivity index (χ0v) is 19.0. The molecule has 0 saturated heterocycles. The minimum Gasteiger partial charge on any atom is -0.324 e. The van der Waals surface area contributed by atoms with Crippen LogP contribution in [0, 0.1) is 11.3 Å². The van der Waals surface area contributed by atoms with E-state index in [9.17, 15) is 4.79 Å². The second-order valence-electron chi connectivity index (χ2n) is 7.89. The van der Waals surface area contributed by atoms with E-state index in [-0.39, 0.29) is 11.8 Å². The van der Waals surface area contributed by atoms with Gasteiger partial charge in [-0.2, -0.15) is 10.4 Å². The van der Waals surface area contributed by atoms with E-state index >= 15 is 0 Å². The highest BCUT2D eigenvalue weighted by Gasteiger charge is 2.21. The van der Waals surface area contributed by atoms with Crippen molar-refractivity contribution in [2.75, 3.05) is 18.4 Å². The van der Waals surface area contributed by atoms with E-state index < -0.39 is 6.04 Å². The predicted molar refractivity (Wildman–Crippen MR) is 134 cm³/mol. The lowest BCUT2D eigenvalue weighted by Crippen LogP contribution is -2.34. The maximum Gasteiger partial charge on any atom is 0.246 e. The number of nitrogens with one attached hydrogen (secondary N) is 2. The third-order valence-electron chi connectivity index (χ3n) is 5.59. The normalized spacial score (nSPS) is 15.8. The van der Waals surface area contributed by atoms with Crippen LogP contribution in [0.2, 0.25) is 0 Å². The summed E-state index contributed by atoms with van der Waals surface area (Å²) in [5, 5.41) is 19.5. The number of rotatable bonds is 8. The first kappa shape index (κ1) is 22.6. The molecular formula is C26H25N5OS. The Morgan fingerprint density at radius 2 is 1.82 bits per heavy atom. The van der Waals surface area contributed by atoms with Gasteiger partial charge in [0.1, 0.15) is 6.04 Å². The largest absolute Gasteiger partial charge is 0.324 e. The summed E-state index contributed by atoms with van der Waals surface area (Å²) in [5.41, 5.74) is 4.54. The van der Waals surface area contributed by atoms with Crippen LogP contribution in [-0.4, -0.2) is 29.6 Å². The molecule has 33 heavy (non-hydrogen) atoms. The van der Waals surface area contributed by atoms with Crippen LogP contribution in [0.25, 0.3) is 0 Å². The Balaban J connectivity index is 1.40. The molecule has 0 bridgehead atoms. The smallest absolute Gasteiger partial charge is 0.246 e. The lowest BCUT2D eigenvalue weighted by Gasteiger charge is -2.19. The highest BCUT2D eigenvalue weighted by atomic mass is 32.1. The summed E-state index contributed by atoms with van der Waals surface area (Å²) >= 11 is 4.24. The van der Waals surface area contributed by atoms with Crippen molar-refractivity contribution in [2.45, 2.75) is 18.4 Å². The lowest BCUT2D eigenvalue weighted by molar-refractivity contribution is -0.118. The second-order valence-corrected chi connectivity index (χ2v) is 8.36. The van der Waals surface area contributed by atoms with Gasteiger partial charge in [-0.25, -0.2) is 4.41 Å². The van der Waals surface area contributed by atoms with Gasteiger partial charge in [-0.05, 0) is 60.2 Å². The van der Waals surface area contributed by atoms with Gasteiger partial charge in [0, 0.05) is 24.4 Å². The van der Waals surface area contributed by atoms with Crippen molar-refractivity contribution in [3.05, 3.63) is 101 Å². The average molecular weight is 456 g/mol. The van der Waals surface area contributed by atoms with Crippen LogP contribution in [0.15, 0.2) is 84.0 Å². The van der Waals surface area contributed by atoms with Crippen LogP contribution in [0.3, 0.4) is 0 Å². The second kappa shape index (κ2) is 10.8. The van der Waals surface area contributed by atoms with Gasteiger partial charge in [0.25, 0.3) is 0 Å². The van der Waals surface area contributed by atoms with Gasteiger partial charge in [0.2, 0.25) is 5.91 Å². The highest BCUT2D eigenvalue weighted by Crippen LogP contribution is 2.23. The molecule has 0 aromatic heterocycles. The molecule has 4 rings (SSSR count). The Morgan fingerprint density at radius 1 is 1.09 bits per heavy atom. The fraction of sp³-hybridized carbons (Fsp3) is 0.192. The zero-order chi connectivity index (χ0) is 23.0. The number of hydrazone groups is 1. The molecule has 0 saturated carbocycles. The third kappa shape index (κ3) is 6.01. The molecule has 0 radical (unpaired) electrons. The Bertz CT molecular complexity index is 1140. The standard InChI is InChI=1S/C26H25N5OS/c27-16-20-8-6-19(7-9-20)14-15-28-25(22-4-2-1-3-5-22)26(32)30-24-12-10-21(11-13-24)23-17-29-31(33)18-23/h1-13,17,23,25,28,33H,14-15,18H2,(H,30,32). The predicted octanol–water partition coefficient (Wildman–Crippen LogP) is 4.30. The van der Waals surface area contributed by atoms with Crippen molar-refractivity contribution in [1.29, 1.82) is 5.26 Å². The van der Waals surface area contributed by atoms with Gasteiger partial charge in [0.05, 0.1) is 18.2 Å². The van der Waals surface area contributed by atoms with E-state index in [1.807, 2.05) is 85.1 Å². The first-order valence-corrected chi connectivity index (χ1v) is 11.2. The minimum absolute atomic E-state index is 0.113. The summed E-state index contributed by atoms with van der Waals surface area (Å²) < 4.78 is 1.62. The van der Waals surface area contributed by atoms with E-state index in [0.29, 0.717) is 12.1 Å². The summed E-state index contributed by atoms with van der Waals surface area (Å²) in [6.45, 7) is 1.35. The van der Waals surface area contributed by atoms with Gasteiger partial charge in [0.15, 0.2) is 0 Å². The van der Waals surface area contributed by atoms with Gasteiger partial charge in [-0.15, -0.1) is 0 Å². The first-order valence-electron chi connectivity index (χ1n) is 10.8. The minimum atomic E-state index is -0.482. The summed E-state index contributed by atoms with van der Waals surface area (Å²) in [4.78, 5) is 13.2. The fourth-order valence-electron chi connectivity index (χ4n) is 3.76. The molecule has 1 heterocycles. The number of amides is 1. The molecule has 1 aliphatic rings. The maximum atomic E-state index is 13.2. The maximum absolute atomic E-state index is 13.2. The zero-order valence-electron chi connectivity index (χ0n) is 18.1. The van der Waals surface area contributed by atoms with Crippen LogP contribution in [0.5, 0.6) is 0 Å². The lowest BCUT2D eigenvalue weighted by atomic mass is 10.0. The number of thiol groups is 1. The van der Waals surface area contributed by atoms with Crippen molar-refractivity contribution in [1.82, 2.24) is 9.73 Å². The number of nitriles is 1. The topological polar surface area (TPSA) is 80.5 Å². The molecule has 166 valence electrons. The van der Waals surface area contributed by atoms with E-state index in [4.69, 9.17) is 5.26 Å². The molecule has 1 aliphatic heterocycles. The van der Waals surface area contributed by atoms with Crippen molar-refractivity contribution >= 4 is 30.6 Å². The number of carbonyl (C=O) groups is 1. The number of hydrogen-bond acceptors (Lipinski definition) is 6.